The Morgan fingerprint density at radius 3 is 3.12 bits per heavy atom. The zero-order valence-corrected chi connectivity index (χ0v) is 10.7. The largest absolute Gasteiger partial charge is 0.330 e. The minimum atomic E-state index is 0.635. The lowest BCUT2D eigenvalue weighted by molar-refractivity contribution is 0.128. The van der Waals surface area contributed by atoms with Crippen LogP contribution in [0.4, 0.5) is 0 Å². The average molecular weight is 237 g/mol. The maximum atomic E-state index is 5.69. The Kier molecular flexibility index (Phi) is 4.50. The fraction of sp³-hybridized carbons (Fsp3) is 0.833. The molecule has 5 heteroatoms. The molecule has 0 amide bonds. The highest BCUT2D eigenvalue weighted by Crippen LogP contribution is 2.20. The van der Waals surface area contributed by atoms with Crippen LogP contribution < -0.4 is 5.73 Å². The van der Waals surface area contributed by atoms with Crippen LogP contribution in [0.3, 0.4) is 0 Å². The molecule has 0 aliphatic carbocycles. The molecule has 2 heterocycles. The molecule has 0 aromatic carbocycles. The molecule has 5 nitrogen and oxygen atoms in total. The Hall–Kier alpha value is -0.940. The zero-order valence-electron chi connectivity index (χ0n) is 10.7. The number of nitrogens with zero attached hydrogens (tertiary/aromatic N) is 4. The summed E-state index contributed by atoms with van der Waals surface area (Å²) in [5.74, 6) is 1.08. The van der Waals surface area contributed by atoms with E-state index in [1.807, 2.05) is 4.68 Å². The summed E-state index contributed by atoms with van der Waals surface area (Å²) in [7, 11) is 0. The van der Waals surface area contributed by atoms with E-state index in [1.165, 1.54) is 25.8 Å². The van der Waals surface area contributed by atoms with Crippen molar-refractivity contribution in [2.24, 2.45) is 5.73 Å². The van der Waals surface area contributed by atoms with Gasteiger partial charge in [0.05, 0.1) is 6.54 Å². The first-order chi connectivity index (χ1) is 8.35. The van der Waals surface area contributed by atoms with Crippen molar-refractivity contribution in [2.45, 2.75) is 51.7 Å². The van der Waals surface area contributed by atoms with Crippen molar-refractivity contribution in [1.82, 2.24) is 19.7 Å². The number of piperidine rings is 1. The number of aromatic nitrogens is 3. The normalized spacial score (nSPS) is 21.9. The number of aryl methyl sites for hydroxylation is 1. The summed E-state index contributed by atoms with van der Waals surface area (Å²) < 4.78 is 1.98. The number of rotatable bonds is 5. The van der Waals surface area contributed by atoms with E-state index >= 15 is 0 Å². The van der Waals surface area contributed by atoms with Crippen LogP contribution in [-0.4, -0.2) is 38.8 Å². The number of nitrogens with two attached hydrogens (primary N) is 1. The number of hydrogen-bond donors (Lipinski definition) is 1. The van der Waals surface area contributed by atoms with E-state index in [0.29, 0.717) is 6.04 Å². The average Bonchev–Trinajstić information content (AvgIpc) is 2.79. The van der Waals surface area contributed by atoms with Gasteiger partial charge in [0.2, 0.25) is 0 Å². The van der Waals surface area contributed by atoms with Crippen molar-refractivity contribution in [2.75, 3.05) is 13.1 Å². The highest BCUT2D eigenvalue weighted by molar-refractivity contribution is 4.88. The molecule has 1 aliphatic rings. The fourth-order valence-electron chi connectivity index (χ4n) is 2.64. The minimum Gasteiger partial charge on any atom is -0.330 e. The van der Waals surface area contributed by atoms with Gasteiger partial charge in [-0.15, -0.1) is 0 Å². The quantitative estimate of drug-likeness (QED) is 0.830. The SMILES string of the molecule is CCn1ncnc1CN1CCCCC1CCN. The molecular formula is C12H23N5. The van der Waals surface area contributed by atoms with Crippen LogP contribution in [-0.2, 0) is 13.1 Å². The summed E-state index contributed by atoms with van der Waals surface area (Å²) in [4.78, 5) is 6.87. The van der Waals surface area contributed by atoms with Crippen LogP contribution in [0, 0.1) is 0 Å². The van der Waals surface area contributed by atoms with Gasteiger partial charge in [0.1, 0.15) is 12.2 Å². The van der Waals surface area contributed by atoms with E-state index in [0.717, 1.165) is 31.9 Å². The lowest BCUT2D eigenvalue weighted by Gasteiger charge is -2.35. The molecule has 0 radical (unpaired) electrons. The molecule has 0 saturated carbocycles. The van der Waals surface area contributed by atoms with Gasteiger partial charge in [-0.3, -0.25) is 4.90 Å². The second-order valence-corrected chi connectivity index (χ2v) is 4.69. The molecule has 2 rings (SSSR count). The number of likely N-dealkylation sites (tertiary alicyclic amines) is 1. The van der Waals surface area contributed by atoms with Crippen molar-refractivity contribution in [3.8, 4) is 0 Å². The van der Waals surface area contributed by atoms with E-state index in [-0.39, 0.29) is 0 Å². The fourth-order valence-corrected chi connectivity index (χ4v) is 2.64. The Morgan fingerprint density at radius 1 is 1.47 bits per heavy atom. The van der Waals surface area contributed by atoms with Crippen LogP contribution in [0.25, 0.3) is 0 Å². The Labute approximate surface area is 103 Å². The van der Waals surface area contributed by atoms with E-state index in [2.05, 4.69) is 21.9 Å². The second-order valence-electron chi connectivity index (χ2n) is 4.69. The maximum Gasteiger partial charge on any atom is 0.141 e. The molecule has 0 spiro atoms. The third-order valence-electron chi connectivity index (χ3n) is 3.59. The molecule has 1 atom stereocenters. The summed E-state index contributed by atoms with van der Waals surface area (Å²) in [6, 6.07) is 0.635. The summed E-state index contributed by atoms with van der Waals surface area (Å²) in [6.45, 7) is 5.86. The van der Waals surface area contributed by atoms with Crippen LogP contribution in [0.1, 0.15) is 38.4 Å². The highest BCUT2D eigenvalue weighted by Gasteiger charge is 2.22. The minimum absolute atomic E-state index is 0.635. The maximum absolute atomic E-state index is 5.69. The molecule has 17 heavy (non-hydrogen) atoms. The van der Waals surface area contributed by atoms with Gasteiger partial charge in [-0.1, -0.05) is 6.42 Å². The van der Waals surface area contributed by atoms with E-state index in [4.69, 9.17) is 5.73 Å². The van der Waals surface area contributed by atoms with Gasteiger partial charge in [0.25, 0.3) is 0 Å². The van der Waals surface area contributed by atoms with E-state index < -0.39 is 0 Å². The van der Waals surface area contributed by atoms with E-state index in [9.17, 15) is 0 Å². The third kappa shape index (κ3) is 3.04. The molecule has 1 aliphatic heterocycles. The predicted octanol–water partition coefficient (Wildman–Crippen LogP) is 1.00. The van der Waals surface area contributed by atoms with Crippen molar-refractivity contribution in [1.29, 1.82) is 0 Å². The first-order valence-corrected chi connectivity index (χ1v) is 6.66. The molecule has 1 saturated heterocycles. The first kappa shape index (κ1) is 12.5. The predicted molar refractivity (Wildman–Crippen MR) is 67.4 cm³/mol. The van der Waals surface area contributed by atoms with E-state index in [1.54, 1.807) is 6.33 Å². The summed E-state index contributed by atoms with van der Waals surface area (Å²) >= 11 is 0. The van der Waals surface area contributed by atoms with Gasteiger partial charge in [0, 0.05) is 12.6 Å². The Morgan fingerprint density at radius 2 is 2.35 bits per heavy atom. The first-order valence-electron chi connectivity index (χ1n) is 6.66. The molecule has 0 bridgehead atoms. The van der Waals surface area contributed by atoms with Gasteiger partial charge < -0.3 is 5.73 Å². The molecule has 1 aromatic heterocycles. The summed E-state index contributed by atoms with van der Waals surface area (Å²) in [6.07, 6.45) is 6.65. The molecule has 1 fully saturated rings. The monoisotopic (exact) mass is 237 g/mol. The van der Waals surface area contributed by atoms with Gasteiger partial charge in [-0.25, -0.2) is 9.67 Å². The number of hydrogen-bond acceptors (Lipinski definition) is 4. The van der Waals surface area contributed by atoms with Crippen molar-refractivity contribution in [3.63, 3.8) is 0 Å². The zero-order chi connectivity index (χ0) is 12.1. The van der Waals surface area contributed by atoms with Crippen molar-refractivity contribution >= 4 is 0 Å². The summed E-state index contributed by atoms with van der Waals surface area (Å²) in [5.41, 5.74) is 5.69. The Balaban J connectivity index is 2.00. The molecular weight excluding hydrogens is 214 g/mol. The van der Waals surface area contributed by atoms with Crippen molar-refractivity contribution in [3.05, 3.63) is 12.2 Å². The molecule has 96 valence electrons. The second kappa shape index (κ2) is 6.12. The molecule has 1 unspecified atom stereocenters. The highest BCUT2D eigenvalue weighted by atomic mass is 15.3. The molecule has 1 aromatic rings. The third-order valence-corrected chi connectivity index (χ3v) is 3.59. The van der Waals surface area contributed by atoms with Gasteiger partial charge in [-0.2, -0.15) is 5.10 Å². The van der Waals surface area contributed by atoms with Crippen LogP contribution >= 0.6 is 0 Å². The van der Waals surface area contributed by atoms with Crippen molar-refractivity contribution < 1.29 is 0 Å². The van der Waals surface area contributed by atoms with Crippen LogP contribution in [0.2, 0.25) is 0 Å². The lowest BCUT2D eigenvalue weighted by Crippen LogP contribution is -2.40. The molecule has 2 N–H and O–H groups in total. The van der Waals surface area contributed by atoms with Crippen LogP contribution in [0.5, 0.6) is 0 Å². The lowest BCUT2D eigenvalue weighted by atomic mass is 9.99. The van der Waals surface area contributed by atoms with Gasteiger partial charge >= 0.3 is 0 Å². The smallest absolute Gasteiger partial charge is 0.141 e. The van der Waals surface area contributed by atoms with Gasteiger partial charge in [-0.05, 0) is 39.3 Å². The van der Waals surface area contributed by atoms with Crippen LogP contribution in [0.15, 0.2) is 6.33 Å². The standard InChI is InChI=1S/C12H23N5/c1-2-17-12(14-10-15-17)9-16-8-4-3-5-11(16)6-7-13/h10-11H,2-9,13H2,1H3. The van der Waals surface area contributed by atoms with Gasteiger partial charge in [0.15, 0.2) is 0 Å². The summed E-state index contributed by atoms with van der Waals surface area (Å²) in [5, 5.41) is 4.23. The Bertz CT molecular complexity index is 333. The topological polar surface area (TPSA) is 60.0 Å².